The third kappa shape index (κ3) is 5.03. The number of alkyl halides is 2. The highest BCUT2D eigenvalue weighted by Gasteiger charge is 2.15. The van der Waals surface area contributed by atoms with E-state index in [0.717, 1.165) is 0 Å². The van der Waals surface area contributed by atoms with Crippen molar-refractivity contribution < 1.29 is 22.0 Å². The van der Waals surface area contributed by atoms with Gasteiger partial charge in [0.05, 0.1) is 23.7 Å². The molecule has 1 heterocycles. The number of hydrogen-bond donors (Lipinski definition) is 2. The number of benzene rings is 1. The molecular formula is C14H14F2N4O3S. The molecule has 2 rings (SSSR count). The maximum Gasteiger partial charge on any atom is 0.255 e. The summed E-state index contributed by atoms with van der Waals surface area (Å²) in [5.74, 6) is -0.701. The number of carbonyl (C=O) groups is 1. The molecule has 2 N–H and O–H groups in total. The van der Waals surface area contributed by atoms with Gasteiger partial charge in [0.15, 0.2) is 0 Å². The zero-order chi connectivity index (χ0) is 17.6. The number of nitrogens with zero attached hydrogens (tertiary/aromatic N) is 2. The third-order valence-corrected chi connectivity index (χ3v) is 4.35. The summed E-state index contributed by atoms with van der Waals surface area (Å²) in [4.78, 5) is 19.2. The molecule has 24 heavy (non-hydrogen) atoms. The lowest BCUT2D eigenvalue weighted by molar-refractivity contribution is 0.0891. The fraction of sp³-hybridized carbons (Fsp3) is 0.214. The molecule has 0 radical (unpaired) electrons. The summed E-state index contributed by atoms with van der Waals surface area (Å²) in [6, 6.07) is 6.51. The van der Waals surface area contributed by atoms with Gasteiger partial charge in [0.2, 0.25) is 10.0 Å². The second-order valence-electron chi connectivity index (χ2n) is 4.65. The van der Waals surface area contributed by atoms with Gasteiger partial charge in [0, 0.05) is 11.8 Å². The predicted octanol–water partition coefficient (Wildman–Crippen LogP) is 0.950. The second-order valence-corrected chi connectivity index (χ2v) is 6.42. The number of sulfonamides is 1. The van der Waals surface area contributed by atoms with E-state index < -0.39 is 28.9 Å². The van der Waals surface area contributed by atoms with Crippen LogP contribution in [0.5, 0.6) is 0 Å². The minimum absolute atomic E-state index is 0.0124. The number of rotatable bonds is 7. The Balaban J connectivity index is 2.02. The molecule has 0 aliphatic carbocycles. The zero-order valence-electron chi connectivity index (χ0n) is 12.3. The smallest absolute Gasteiger partial charge is 0.255 e. The lowest BCUT2D eigenvalue weighted by atomic mass is 10.2. The Morgan fingerprint density at radius 1 is 1.17 bits per heavy atom. The van der Waals surface area contributed by atoms with E-state index in [4.69, 9.17) is 0 Å². The molecule has 0 saturated carbocycles. The van der Waals surface area contributed by atoms with Crippen molar-refractivity contribution in [1.82, 2.24) is 20.0 Å². The normalized spacial score (nSPS) is 11.5. The molecule has 1 aromatic carbocycles. The SMILES string of the molecule is O=C(NCC(F)F)c1ccc(S(=O)(=O)NCc2ccncn2)cc1. The van der Waals surface area contributed by atoms with Gasteiger partial charge in [-0.3, -0.25) is 4.79 Å². The van der Waals surface area contributed by atoms with Crippen molar-refractivity contribution in [3.05, 3.63) is 54.1 Å². The Bertz CT molecular complexity index is 783. The fourth-order valence-electron chi connectivity index (χ4n) is 1.73. The molecule has 10 heteroatoms. The highest BCUT2D eigenvalue weighted by molar-refractivity contribution is 7.89. The van der Waals surface area contributed by atoms with Crippen molar-refractivity contribution in [2.75, 3.05) is 6.54 Å². The number of nitrogens with one attached hydrogen (secondary N) is 2. The summed E-state index contributed by atoms with van der Waals surface area (Å²) in [6.07, 6.45) is 0.138. The summed E-state index contributed by atoms with van der Waals surface area (Å²) >= 11 is 0. The van der Waals surface area contributed by atoms with Crippen molar-refractivity contribution in [2.45, 2.75) is 17.9 Å². The standard InChI is InChI=1S/C14H14F2N4O3S/c15-13(16)8-18-14(21)10-1-3-12(4-2-10)24(22,23)20-7-11-5-6-17-9-19-11/h1-6,9,13,20H,7-8H2,(H,18,21). The van der Waals surface area contributed by atoms with Crippen LogP contribution in [0, 0.1) is 0 Å². The first-order chi connectivity index (χ1) is 11.4. The van der Waals surface area contributed by atoms with Crippen LogP contribution in [0.1, 0.15) is 16.1 Å². The van der Waals surface area contributed by atoms with E-state index in [0.29, 0.717) is 5.69 Å². The molecule has 2 aromatic rings. The molecule has 0 bridgehead atoms. The summed E-state index contributed by atoms with van der Waals surface area (Å²) in [5.41, 5.74) is 0.585. The van der Waals surface area contributed by atoms with Crippen LogP contribution in [0.15, 0.2) is 47.8 Å². The summed E-state index contributed by atoms with van der Waals surface area (Å²) in [6.45, 7) is -0.777. The van der Waals surface area contributed by atoms with Crippen LogP contribution in [0.3, 0.4) is 0 Å². The molecule has 0 fully saturated rings. The maximum absolute atomic E-state index is 12.1. The second kappa shape index (κ2) is 7.88. The summed E-state index contributed by atoms with van der Waals surface area (Å²) in [5, 5.41) is 2.04. The van der Waals surface area contributed by atoms with Crippen molar-refractivity contribution in [2.24, 2.45) is 0 Å². The first-order valence-electron chi connectivity index (χ1n) is 6.79. The van der Waals surface area contributed by atoms with Gasteiger partial charge in [-0.25, -0.2) is 31.9 Å². The van der Waals surface area contributed by atoms with E-state index >= 15 is 0 Å². The molecule has 0 spiro atoms. The molecule has 0 aliphatic heterocycles. The van der Waals surface area contributed by atoms with E-state index in [1.807, 2.05) is 5.32 Å². The molecule has 7 nitrogen and oxygen atoms in total. The molecule has 1 amide bonds. The van der Waals surface area contributed by atoms with E-state index in [1.165, 1.54) is 36.8 Å². The monoisotopic (exact) mass is 356 g/mol. The van der Waals surface area contributed by atoms with Gasteiger partial charge in [-0.15, -0.1) is 0 Å². The molecule has 0 saturated heterocycles. The highest BCUT2D eigenvalue weighted by atomic mass is 32.2. The molecule has 0 unspecified atom stereocenters. The molecular weight excluding hydrogens is 342 g/mol. The van der Waals surface area contributed by atoms with Gasteiger partial charge in [-0.1, -0.05) is 0 Å². The van der Waals surface area contributed by atoms with Crippen LogP contribution < -0.4 is 10.0 Å². The van der Waals surface area contributed by atoms with Crippen LogP contribution in [0.4, 0.5) is 8.78 Å². The van der Waals surface area contributed by atoms with Crippen molar-refractivity contribution in [1.29, 1.82) is 0 Å². The Hall–Kier alpha value is -2.46. The molecule has 0 aliphatic rings. The Morgan fingerprint density at radius 2 is 1.88 bits per heavy atom. The topological polar surface area (TPSA) is 101 Å². The van der Waals surface area contributed by atoms with Gasteiger partial charge < -0.3 is 5.32 Å². The Labute approximate surface area is 137 Å². The van der Waals surface area contributed by atoms with Crippen LogP contribution in [0.2, 0.25) is 0 Å². The fourth-order valence-corrected chi connectivity index (χ4v) is 2.73. The van der Waals surface area contributed by atoms with Crippen LogP contribution in [-0.2, 0) is 16.6 Å². The number of amides is 1. The van der Waals surface area contributed by atoms with Crippen molar-refractivity contribution in [3.8, 4) is 0 Å². The lowest BCUT2D eigenvalue weighted by Gasteiger charge is -2.08. The molecule has 128 valence electrons. The van der Waals surface area contributed by atoms with Crippen LogP contribution in [0.25, 0.3) is 0 Å². The van der Waals surface area contributed by atoms with E-state index in [-0.39, 0.29) is 17.0 Å². The van der Waals surface area contributed by atoms with Gasteiger partial charge in [-0.2, -0.15) is 0 Å². The number of halogens is 2. The van der Waals surface area contributed by atoms with E-state index in [2.05, 4.69) is 14.7 Å². The molecule has 1 aromatic heterocycles. The Morgan fingerprint density at radius 3 is 2.46 bits per heavy atom. The average Bonchev–Trinajstić information content (AvgIpc) is 2.59. The van der Waals surface area contributed by atoms with Gasteiger partial charge in [-0.05, 0) is 30.3 Å². The van der Waals surface area contributed by atoms with Crippen molar-refractivity contribution in [3.63, 3.8) is 0 Å². The maximum atomic E-state index is 12.1. The third-order valence-electron chi connectivity index (χ3n) is 2.93. The van der Waals surface area contributed by atoms with Gasteiger partial charge in [0.25, 0.3) is 12.3 Å². The summed E-state index contributed by atoms with van der Waals surface area (Å²) < 4.78 is 50.7. The number of aromatic nitrogens is 2. The van der Waals surface area contributed by atoms with Crippen LogP contribution >= 0.6 is 0 Å². The zero-order valence-corrected chi connectivity index (χ0v) is 13.1. The minimum atomic E-state index is -3.79. The molecule has 0 atom stereocenters. The van der Waals surface area contributed by atoms with Gasteiger partial charge in [0.1, 0.15) is 6.33 Å². The lowest BCUT2D eigenvalue weighted by Crippen LogP contribution is -2.28. The Kier molecular flexibility index (Phi) is 5.88. The number of hydrogen-bond acceptors (Lipinski definition) is 5. The predicted molar refractivity (Wildman–Crippen MR) is 80.8 cm³/mol. The van der Waals surface area contributed by atoms with E-state index in [1.54, 1.807) is 6.07 Å². The quantitative estimate of drug-likeness (QED) is 0.769. The number of carbonyl (C=O) groups excluding carboxylic acids is 1. The van der Waals surface area contributed by atoms with E-state index in [9.17, 15) is 22.0 Å². The highest BCUT2D eigenvalue weighted by Crippen LogP contribution is 2.11. The first kappa shape index (κ1) is 17.9. The summed E-state index contributed by atoms with van der Waals surface area (Å²) in [7, 11) is -3.79. The van der Waals surface area contributed by atoms with Crippen LogP contribution in [-0.4, -0.2) is 37.3 Å². The average molecular weight is 356 g/mol. The minimum Gasteiger partial charge on any atom is -0.346 e. The van der Waals surface area contributed by atoms with Crippen molar-refractivity contribution >= 4 is 15.9 Å². The largest absolute Gasteiger partial charge is 0.346 e. The van der Waals surface area contributed by atoms with Gasteiger partial charge >= 0.3 is 0 Å². The first-order valence-corrected chi connectivity index (χ1v) is 8.28.